The first-order valence-corrected chi connectivity index (χ1v) is 9.79. The Bertz CT molecular complexity index is 887. The number of benzene rings is 1. The van der Waals surface area contributed by atoms with E-state index in [4.69, 9.17) is 16.3 Å². The molecule has 2 amide bonds. The summed E-state index contributed by atoms with van der Waals surface area (Å²) >= 11 is 6.01. The van der Waals surface area contributed by atoms with Gasteiger partial charge in [0.15, 0.2) is 0 Å². The quantitative estimate of drug-likeness (QED) is 0.764. The number of ether oxygens (including phenoxy) is 1. The van der Waals surface area contributed by atoms with Crippen molar-refractivity contribution in [3.8, 4) is 5.75 Å². The van der Waals surface area contributed by atoms with Crippen LogP contribution in [0.2, 0.25) is 5.02 Å². The number of halogens is 4. The van der Waals surface area contributed by atoms with Crippen LogP contribution in [-0.2, 0) is 12.6 Å². The van der Waals surface area contributed by atoms with E-state index in [-0.39, 0.29) is 11.1 Å². The summed E-state index contributed by atoms with van der Waals surface area (Å²) in [5.74, 6) is 1.07. The summed E-state index contributed by atoms with van der Waals surface area (Å²) in [5, 5.41) is 2.83. The standard InChI is InChI=1S/C20H22ClF3N4O2/c1-30-17-5-3-2-4-14(17)6-7-25-19(29)28-10-8-27(9-11-28)18-16(21)12-15(13-26-18)20(22,23)24/h2-5,12-13H,6-11H2,1H3,(H,25,29). The second-order valence-electron chi connectivity index (χ2n) is 6.80. The van der Waals surface area contributed by atoms with Crippen LogP contribution in [0.3, 0.4) is 0 Å². The maximum Gasteiger partial charge on any atom is 0.417 e. The number of methoxy groups -OCH3 is 1. The van der Waals surface area contributed by atoms with Crippen molar-refractivity contribution in [2.75, 3.05) is 44.7 Å². The van der Waals surface area contributed by atoms with Crippen LogP contribution < -0.4 is 15.0 Å². The van der Waals surface area contributed by atoms with Gasteiger partial charge in [0.25, 0.3) is 0 Å². The molecule has 1 fully saturated rings. The smallest absolute Gasteiger partial charge is 0.417 e. The van der Waals surface area contributed by atoms with Gasteiger partial charge in [-0.1, -0.05) is 29.8 Å². The van der Waals surface area contributed by atoms with E-state index in [9.17, 15) is 18.0 Å². The Morgan fingerprint density at radius 1 is 1.23 bits per heavy atom. The minimum Gasteiger partial charge on any atom is -0.496 e. The van der Waals surface area contributed by atoms with Gasteiger partial charge in [-0.2, -0.15) is 13.2 Å². The highest BCUT2D eigenvalue weighted by atomic mass is 35.5. The fourth-order valence-electron chi connectivity index (χ4n) is 3.27. The van der Waals surface area contributed by atoms with Crippen molar-refractivity contribution in [1.82, 2.24) is 15.2 Å². The summed E-state index contributed by atoms with van der Waals surface area (Å²) in [6.45, 7) is 2.15. The number of amides is 2. The molecule has 1 aromatic heterocycles. The summed E-state index contributed by atoms with van der Waals surface area (Å²) in [5.41, 5.74) is 0.123. The molecule has 0 bridgehead atoms. The molecule has 30 heavy (non-hydrogen) atoms. The zero-order valence-electron chi connectivity index (χ0n) is 16.4. The predicted molar refractivity (Wildman–Crippen MR) is 108 cm³/mol. The average Bonchev–Trinajstić information content (AvgIpc) is 2.73. The van der Waals surface area contributed by atoms with Crippen LogP contribution in [0.25, 0.3) is 0 Å². The lowest BCUT2D eigenvalue weighted by Gasteiger charge is -2.35. The average molecular weight is 443 g/mol. The molecule has 6 nitrogen and oxygen atoms in total. The SMILES string of the molecule is COc1ccccc1CCNC(=O)N1CCN(c2ncc(C(F)(F)F)cc2Cl)CC1. The van der Waals surface area contributed by atoms with Crippen LogP contribution in [-0.4, -0.2) is 55.7 Å². The van der Waals surface area contributed by atoms with Crippen molar-refractivity contribution in [2.24, 2.45) is 0 Å². The number of urea groups is 1. The fourth-order valence-corrected chi connectivity index (χ4v) is 3.55. The topological polar surface area (TPSA) is 57.7 Å². The van der Waals surface area contributed by atoms with Crippen molar-refractivity contribution in [2.45, 2.75) is 12.6 Å². The molecule has 1 N–H and O–H groups in total. The lowest BCUT2D eigenvalue weighted by Crippen LogP contribution is -2.52. The number of hydrogen-bond donors (Lipinski definition) is 1. The second-order valence-corrected chi connectivity index (χ2v) is 7.20. The minimum absolute atomic E-state index is 0.0560. The molecule has 3 rings (SSSR count). The third-order valence-electron chi connectivity index (χ3n) is 4.88. The predicted octanol–water partition coefficient (Wildman–Crippen LogP) is 3.84. The largest absolute Gasteiger partial charge is 0.496 e. The van der Waals surface area contributed by atoms with Crippen LogP contribution in [0.1, 0.15) is 11.1 Å². The van der Waals surface area contributed by atoms with Crippen molar-refractivity contribution < 1.29 is 22.7 Å². The summed E-state index contributed by atoms with van der Waals surface area (Å²) in [4.78, 5) is 19.7. The molecule has 0 spiro atoms. The van der Waals surface area contributed by atoms with Crippen LogP contribution in [0.15, 0.2) is 36.5 Å². The Labute approximate surface area is 177 Å². The highest BCUT2D eigenvalue weighted by Crippen LogP contribution is 2.33. The number of pyridine rings is 1. The first-order chi connectivity index (χ1) is 14.3. The van der Waals surface area contributed by atoms with Gasteiger partial charge in [-0.3, -0.25) is 0 Å². The molecular formula is C20H22ClF3N4O2. The molecule has 0 radical (unpaired) electrons. The van der Waals surface area contributed by atoms with Gasteiger partial charge in [0.05, 0.1) is 17.7 Å². The molecule has 0 saturated carbocycles. The molecule has 162 valence electrons. The molecule has 1 aliphatic heterocycles. The summed E-state index contributed by atoms with van der Waals surface area (Å²) in [6, 6.07) is 8.32. The van der Waals surface area contributed by atoms with Gasteiger partial charge in [0.1, 0.15) is 11.6 Å². The molecule has 0 atom stereocenters. The molecule has 0 unspecified atom stereocenters. The first-order valence-electron chi connectivity index (χ1n) is 9.42. The minimum atomic E-state index is -4.49. The van der Waals surface area contributed by atoms with Crippen LogP contribution in [0.4, 0.5) is 23.8 Å². The maximum atomic E-state index is 12.8. The number of anilines is 1. The van der Waals surface area contributed by atoms with Crippen LogP contribution >= 0.6 is 11.6 Å². The first kappa shape index (κ1) is 22.0. The number of piperazine rings is 1. The van der Waals surface area contributed by atoms with Crippen LogP contribution in [0, 0.1) is 0 Å². The van der Waals surface area contributed by atoms with Gasteiger partial charge in [-0.05, 0) is 24.1 Å². The van der Waals surface area contributed by atoms with Gasteiger partial charge in [0.2, 0.25) is 0 Å². The van der Waals surface area contributed by atoms with Crippen molar-refractivity contribution in [3.05, 3.63) is 52.7 Å². The molecule has 10 heteroatoms. The molecule has 2 aromatic rings. The summed E-state index contributed by atoms with van der Waals surface area (Å²) < 4.78 is 43.6. The van der Waals surface area contributed by atoms with E-state index in [1.54, 1.807) is 16.9 Å². The number of carbonyl (C=O) groups is 1. The van der Waals surface area contributed by atoms with E-state index in [0.29, 0.717) is 45.0 Å². The monoisotopic (exact) mass is 442 g/mol. The Kier molecular flexibility index (Phi) is 6.91. The van der Waals surface area contributed by atoms with Crippen molar-refractivity contribution in [1.29, 1.82) is 0 Å². The molecule has 1 saturated heterocycles. The number of alkyl halides is 3. The molecule has 1 aliphatic rings. The number of aromatic nitrogens is 1. The molecule has 2 heterocycles. The van der Waals surface area contributed by atoms with E-state index in [2.05, 4.69) is 10.3 Å². The lowest BCUT2D eigenvalue weighted by molar-refractivity contribution is -0.137. The number of para-hydroxylation sites is 1. The molecule has 1 aromatic carbocycles. The van der Waals surface area contributed by atoms with E-state index in [0.717, 1.165) is 23.6 Å². The van der Waals surface area contributed by atoms with Gasteiger partial charge >= 0.3 is 12.2 Å². The highest BCUT2D eigenvalue weighted by molar-refractivity contribution is 6.33. The Hall–Kier alpha value is -2.68. The number of nitrogens with zero attached hydrogens (tertiary/aromatic N) is 3. The number of hydrogen-bond acceptors (Lipinski definition) is 4. The highest BCUT2D eigenvalue weighted by Gasteiger charge is 2.32. The van der Waals surface area contributed by atoms with Gasteiger partial charge in [-0.25, -0.2) is 9.78 Å². The number of carbonyl (C=O) groups excluding carboxylic acids is 1. The van der Waals surface area contributed by atoms with Gasteiger partial charge in [-0.15, -0.1) is 0 Å². The normalized spacial score (nSPS) is 14.6. The summed E-state index contributed by atoms with van der Waals surface area (Å²) in [7, 11) is 1.61. The zero-order chi connectivity index (χ0) is 21.7. The van der Waals surface area contributed by atoms with Crippen LogP contribution in [0.5, 0.6) is 5.75 Å². The molecule has 0 aliphatic carbocycles. The van der Waals surface area contributed by atoms with Gasteiger partial charge in [0, 0.05) is 38.9 Å². The lowest BCUT2D eigenvalue weighted by atomic mass is 10.1. The Balaban J connectivity index is 1.50. The zero-order valence-corrected chi connectivity index (χ0v) is 17.1. The third kappa shape index (κ3) is 5.27. The van der Waals surface area contributed by atoms with E-state index in [1.165, 1.54) is 0 Å². The van der Waals surface area contributed by atoms with Crippen molar-refractivity contribution in [3.63, 3.8) is 0 Å². The van der Waals surface area contributed by atoms with Crippen molar-refractivity contribution >= 4 is 23.4 Å². The third-order valence-corrected chi connectivity index (χ3v) is 5.16. The Morgan fingerprint density at radius 3 is 2.57 bits per heavy atom. The summed E-state index contributed by atoms with van der Waals surface area (Å²) in [6.07, 6.45) is -3.07. The number of nitrogens with one attached hydrogen (secondary N) is 1. The fraction of sp³-hybridized carbons (Fsp3) is 0.400. The Morgan fingerprint density at radius 2 is 1.93 bits per heavy atom. The second kappa shape index (κ2) is 9.42. The van der Waals surface area contributed by atoms with E-state index >= 15 is 0 Å². The van der Waals surface area contributed by atoms with Gasteiger partial charge < -0.3 is 19.9 Å². The van der Waals surface area contributed by atoms with E-state index < -0.39 is 11.7 Å². The van der Waals surface area contributed by atoms with E-state index in [1.807, 2.05) is 24.3 Å². The number of rotatable bonds is 5. The maximum absolute atomic E-state index is 12.8. The molecular weight excluding hydrogens is 421 g/mol.